The third-order valence-electron chi connectivity index (χ3n) is 2.70. The second-order valence-corrected chi connectivity index (χ2v) is 4.26. The molecule has 0 aliphatic carbocycles. The van der Waals surface area contributed by atoms with Crippen molar-refractivity contribution in [1.82, 2.24) is 0 Å². The van der Waals surface area contributed by atoms with Crippen molar-refractivity contribution in [2.75, 3.05) is 18.9 Å². The molecule has 0 aliphatic heterocycles. The van der Waals surface area contributed by atoms with Gasteiger partial charge in [0.1, 0.15) is 5.75 Å². The average Bonchev–Trinajstić information content (AvgIpc) is 2.35. The molecule has 0 bridgehead atoms. The normalized spacial score (nSPS) is 10.4. The van der Waals surface area contributed by atoms with Crippen LogP contribution in [0.3, 0.4) is 0 Å². The molecule has 0 saturated heterocycles. The third-order valence-corrected chi connectivity index (χ3v) is 2.70. The molecule has 1 aromatic carbocycles. The predicted octanol–water partition coefficient (Wildman–Crippen LogP) is 2.98. The zero-order chi connectivity index (χ0) is 12.3. The fraction of sp³-hybridized carbons (Fsp3) is 0.571. The summed E-state index contributed by atoms with van der Waals surface area (Å²) in [5.41, 5.74) is 6.35. The van der Waals surface area contributed by atoms with Gasteiger partial charge >= 0.3 is 0 Å². The van der Waals surface area contributed by atoms with E-state index in [0.717, 1.165) is 37.3 Å². The average molecular weight is 237 g/mol. The van der Waals surface area contributed by atoms with E-state index in [1.54, 1.807) is 0 Å². The fourth-order valence-electron chi connectivity index (χ4n) is 1.68. The topological polar surface area (TPSA) is 55.5 Å². The molecule has 0 amide bonds. The molecule has 0 heterocycles. The SMILES string of the molecule is Nc1ccc(OCCCCCCCCO)cc1. The molecule has 0 saturated carbocycles. The number of unbranched alkanes of at least 4 members (excludes halogenated alkanes) is 5. The molecule has 1 rings (SSSR count). The van der Waals surface area contributed by atoms with Crippen LogP contribution >= 0.6 is 0 Å². The third kappa shape index (κ3) is 6.84. The van der Waals surface area contributed by atoms with Gasteiger partial charge in [-0.2, -0.15) is 0 Å². The van der Waals surface area contributed by atoms with Gasteiger partial charge in [0.2, 0.25) is 0 Å². The van der Waals surface area contributed by atoms with Crippen molar-refractivity contribution >= 4 is 5.69 Å². The van der Waals surface area contributed by atoms with Gasteiger partial charge in [0.25, 0.3) is 0 Å². The van der Waals surface area contributed by atoms with E-state index in [2.05, 4.69) is 0 Å². The highest BCUT2D eigenvalue weighted by Crippen LogP contribution is 2.13. The lowest BCUT2D eigenvalue weighted by Crippen LogP contribution is -1.97. The largest absolute Gasteiger partial charge is 0.494 e. The van der Waals surface area contributed by atoms with Crippen molar-refractivity contribution in [3.8, 4) is 5.75 Å². The molecule has 96 valence electrons. The van der Waals surface area contributed by atoms with E-state index in [1.807, 2.05) is 24.3 Å². The lowest BCUT2D eigenvalue weighted by Gasteiger charge is -2.06. The first-order chi connectivity index (χ1) is 8.33. The number of ether oxygens (including phenoxy) is 1. The lowest BCUT2D eigenvalue weighted by molar-refractivity contribution is 0.280. The van der Waals surface area contributed by atoms with Gasteiger partial charge in [0.15, 0.2) is 0 Å². The number of benzene rings is 1. The van der Waals surface area contributed by atoms with Crippen molar-refractivity contribution in [3.63, 3.8) is 0 Å². The Labute approximate surface area is 104 Å². The molecule has 0 radical (unpaired) electrons. The maximum absolute atomic E-state index is 8.62. The smallest absolute Gasteiger partial charge is 0.119 e. The minimum Gasteiger partial charge on any atom is -0.494 e. The molecule has 17 heavy (non-hydrogen) atoms. The fourth-order valence-corrected chi connectivity index (χ4v) is 1.68. The zero-order valence-electron chi connectivity index (χ0n) is 10.4. The Balaban J connectivity index is 1.95. The molecule has 0 spiro atoms. The maximum Gasteiger partial charge on any atom is 0.119 e. The van der Waals surface area contributed by atoms with E-state index in [4.69, 9.17) is 15.6 Å². The van der Waals surface area contributed by atoms with Crippen LogP contribution in [0.1, 0.15) is 38.5 Å². The summed E-state index contributed by atoms with van der Waals surface area (Å²) in [5.74, 6) is 0.888. The molecule has 0 atom stereocenters. The summed E-state index contributed by atoms with van der Waals surface area (Å²) < 4.78 is 5.59. The Morgan fingerprint density at radius 1 is 0.882 bits per heavy atom. The zero-order valence-corrected chi connectivity index (χ0v) is 10.4. The van der Waals surface area contributed by atoms with E-state index < -0.39 is 0 Å². The first-order valence-electron chi connectivity index (χ1n) is 6.42. The van der Waals surface area contributed by atoms with Crippen molar-refractivity contribution < 1.29 is 9.84 Å². The summed E-state index contributed by atoms with van der Waals surface area (Å²) >= 11 is 0. The van der Waals surface area contributed by atoms with Crippen LogP contribution in [0, 0.1) is 0 Å². The van der Waals surface area contributed by atoms with E-state index in [9.17, 15) is 0 Å². The number of aliphatic hydroxyl groups is 1. The second-order valence-electron chi connectivity index (χ2n) is 4.26. The van der Waals surface area contributed by atoms with Crippen molar-refractivity contribution in [3.05, 3.63) is 24.3 Å². The quantitative estimate of drug-likeness (QED) is 0.513. The summed E-state index contributed by atoms with van der Waals surface area (Å²) in [6, 6.07) is 7.50. The summed E-state index contributed by atoms with van der Waals surface area (Å²) in [4.78, 5) is 0. The molecule has 0 unspecified atom stereocenters. The van der Waals surface area contributed by atoms with E-state index in [-0.39, 0.29) is 0 Å². The van der Waals surface area contributed by atoms with Crippen LogP contribution < -0.4 is 10.5 Å². The highest BCUT2D eigenvalue weighted by Gasteiger charge is 1.94. The highest BCUT2D eigenvalue weighted by molar-refractivity contribution is 5.41. The first kappa shape index (κ1) is 13.8. The van der Waals surface area contributed by atoms with Crippen LogP contribution in [0.5, 0.6) is 5.75 Å². The van der Waals surface area contributed by atoms with Crippen LogP contribution in [0.15, 0.2) is 24.3 Å². The van der Waals surface area contributed by atoms with E-state index in [0.29, 0.717) is 6.61 Å². The second kappa shape index (κ2) is 8.88. The first-order valence-corrected chi connectivity index (χ1v) is 6.42. The van der Waals surface area contributed by atoms with Gasteiger partial charge in [-0.05, 0) is 37.1 Å². The Kier molecular flexibility index (Phi) is 7.23. The van der Waals surface area contributed by atoms with Gasteiger partial charge in [-0.3, -0.25) is 0 Å². The van der Waals surface area contributed by atoms with Crippen LogP contribution in [0.25, 0.3) is 0 Å². The molecule has 0 aromatic heterocycles. The van der Waals surface area contributed by atoms with Gasteiger partial charge in [-0.15, -0.1) is 0 Å². The number of anilines is 1. The lowest BCUT2D eigenvalue weighted by atomic mass is 10.1. The molecule has 3 N–H and O–H groups in total. The summed E-state index contributed by atoms with van der Waals surface area (Å²) in [6.45, 7) is 1.09. The van der Waals surface area contributed by atoms with Crippen molar-refractivity contribution in [1.29, 1.82) is 0 Å². The molecule has 1 aromatic rings. The van der Waals surface area contributed by atoms with E-state index in [1.165, 1.54) is 19.3 Å². The van der Waals surface area contributed by atoms with Crippen molar-refractivity contribution in [2.45, 2.75) is 38.5 Å². The molecule has 3 heteroatoms. The number of nitrogen functional groups attached to an aromatic ring is 1. The van der Waals surface area contributed by atoms with Crippen LogP contribution in [-0.4, -0.2) is 18.3 Å². The standard InChI is InChI=1S/C14H23NO2/c15-13-7-9-14(10-8-13)17-12-6-4-2-1-3-5-11-16/h7-10,16H,1-6,11-12,15H2. The van der Waals surface area contributed by atoms with Crippen LogP contribution in [-0.2, 0) is 0 Å². The Hall–Kier alpha value is -1.22. The predicted molar refractivity (Wildman–Crippen MR) is 71.1 cm³/mol. The monoisotopic (exact) mass is 237 g/mol. The van der Waals surface area contributed by atoms with Gasteiger partial charge in [-0.25, -0.2) is 0 Å². The van der Waals surface area contributed by atoms with Crippen molar-refractivity contribution in [2.24, 2.45) is 0 Å². The van der Waals surface area contributed by atoms with Gasteiger partial charge < -0.3 is 15.6 Å². The Bertz CT molecular complexity index is 285. The Morgan fingerprint density at radius 2 is 1.47 bits per heavy atom. The molecule has 3 nitrogen and oxygen atoms in total. The van der Waals surface area contributed by atoms with Gasteiger partial charge in [0, 0.05) is 12.3 Å². The van der Waals surface area contributed by atoms with E-state index >= 15 is 0 Å². The van der Waals surface area contributed by atoms with Gasteiger partial charge in [0.05, 0.1) is 6.61 Å². The number of hydrogen-bond acceptors (Lipinski definition) is 3. The minimum atomic E-state index is 0.320. The minimum absolute atomic E-state index is 0.320. The number of rotatable bonds is 9. The molecule has 0 aliphatic rings. The number of aliphatic hydroxyl groups excluding tert-OH is 1. The Morgan fingerprint density at radius 3 is 2.12 bits per heavy atom. The summed E-state index contributed by atoms with van der Waals surface area (Å²) in [7, 11) is 0. The summed E-state index contributed by atoms with van der Waals surface area (Å²) in [5, 5.41) is 8.62. The number of nitrogens with two attached hydrogens (primary N) is 1. The number of hydrogen-bond donors (Lipinski definition) is 2. The molecular weight excluding hydrogens is 214 g/mol. The maximum atomic E-state index is 8.62. The summed E-state index contributed by atoms with van der Waals surface area (Å²) in [6.07, 6.45) is 6.79. The molecular formula is C14H23NO2. The van der Waals surface area contributed by atoms with Gasteiger partial charge in [-0.1, -0.05) is 25.7 Å². The highest BCUT2D eigenvalue weighted by atomic mass is 16.5. The van der Waals surface area contributed by atoms with Crippen LogP contribution in [0.4, 0.5) is 5.69 Å². The van der Waals surface area contributed by atoms with Crippen LogP contribution in [0.2, 0.25) is 0 Å². The molecule has 0 fully saturated rings.